The van der Waals surface area contributed by atoms with Crippen molar-refractivity contribution in [1.29, 1.82) is 0 Å². The largest absolute Gasteiger partial charge is 0.377 e. The molecule has 1 saturated heterocycles. The van der Waals surface area contributed by atoms with Crippen molar-refractivity contribution in [3.63, 3.8) is 0 Å². The van der Waals surface area contributed by atoms with Crippen LogP contribution in [0.25, 0.3) is 0 Å². The van der Waals surface area contributed by atoms with Crippen LogP contribution < -0.4 is 10.0 Å². The minimum absolute atomic E-state index is 0.0455. The number of benzene rings is 1. The first-order valence-electron chi connectivity index (χ1n) is 7.51. The van der Waals surface area contributed by atoms with Gasteiger partial charge in [-0.25, -0.2) is 13.1 Å². The van der Waals surface area contributed by atoms with Crippen LogP contribution in [0.1, 0.15) is 37.0 Å². The minimum atomic E-state index is -3.80. The van der Waals surface area contributed by atoms with Gasteiger partial charge >= 0.3 is 0 Å². The van der Waals surface area contributed by atoms with Crippen LogP contribution in [0.2, 0.25) is 5.02 Å². The molecule has 6 nitrogen and oxygen atoms in total. The Morgan fingerprint density at radius 3 is 2.78 bits per heavy atom. The van der Waals surface area contributed by atoms with Gasteiger partial charge in [0.2, 0.25) is 10.0 Å². The number of sulfonamides is 1. The third-order valence-corrected chi connectivity index (χ3v) is 5.33. The summed E-state index contributed by atoms with van der Waals surface area (Å²) < 4.78 is 32.7. The molecule has 0 aromatic heterocycles. The van der Waals surface area contributed by atoms with Crippen molar-refractivity contribution < 1.29 is 17.9 Å². The third kappa shape index (κ3) is 4.91. The number of rotatable bonds is 6. The Balaban J connectivity index is 2.17. The molecule has 0 bridgehead atoms. The maximum Gasteiger partial charge on any atom is 0.251 e. The number of nitrogens with one attached hydrogen (secondary N) is 2. The summed E-state index contributed by atoms with van der Waals surface area (Å²) in [6.07, 6.45) is 1.64. The zero-order valence-electron chi connectivity index (χ0n) is 13.1. The van der Waals surface area contributed by atoms with Crippen molar-refractivity contribution in [2.24, 2.45) is 0 Å². The summed E-state index contributed by atoms with van der Waals surface area (Å²) in [6, 6.07) is 4.16. The highest BCUT2D eigenvalue weighted by molar-refractivity contribution is 7.89. The fraction of sp³-hybridized carbons (Fsp3) is 0.533. The number of carbonyl (C=O) groups excluding carboxylic acids is 1. The summed E-state index contributed by atoms with van der Waals surface area (Å²) in [5.41, 5.74) is 0.251. The Morgan fingerprint density at radius 1 is 1.43 bits per heavy atom. The second-order valence-electron chi connectivity index (χ2n) is 5.76. The Bertz CT molecular complexity index is 670. The molecule has 1 atom stereocenters. The van der Waals surface area contributed by atoms with Gasteiger partial charge in [0.1, 0.15) is 4.90 Å². The standard InChI is InChI=1S/C15H21ClN2O4S/c1-10(2)18-15(19)11-5-6-13(16)14(8-11)23(20,21)17-9-12-4-3-7-22-12/h5-6,8,10,12,17H,3-4,7,9H2,1-2H3,(H,18,19). The van der Waals surface area contributed by atoms with E-state index in [0.717, 1.165) is 12.8 Å². The van der Waals surface area contributed by atoms with Gasteiger partial charge in [-0.15, -0.1) is 0 Å². The van der Waals surface area contributed by atoms with E-state index < -0.39 is 10.0 Å². The Labute approximate surface area is 141 Å². The molecule has 2 rings (SSSR count). The average molecular weight is 361 g/mol. The first-order chi connectivity index (χ1) is 10.8. The minimum Gasteiger partial charge on any atom is -0.377 e. The topological polar surface area (TPSA) is 84.5 Å². The molecule has 1 unspecified atom stereocenters. The molecule has 1 amide bonds. The van der Waals surface area contributed by atoms with E-state index in [0.29, 0.717) is 6.61 Å². The molecule has 1 aromatic carbocycles. The quantitative estimate of drug-likeness (QED) is 0.811. The highest BCUT2D eigenvalue weighted by Crippen LogP contribution is 2.23. The van der Waals surface area contributed by atoms with Crippen LogP contribution in [-0.4, -0.2) is 39.6 Å². The molecular formula is C15H21ClN2O4S. The van der Waals surface area contributed by atoms with E-state index in [4.69, 9.17) is 16.3 Å². The van der Waals surface area contributed by atoms with Gasteiger partial charge in [-0.2, -0.15) is 0 Å². The molecule has 1 heterocycles. The first-order valence-corrected chi connectivity index (χ1v) is 9.37. The van der Waals surface area contributed by atoms with Gasteiger partial charge in [-0.1, -0.05) is 11.6 Å². The van der Waals surface area contributed by atoms with Crippen LogP contribution in [-0.2, 0) is 14.8 Å². The van der Waals surface area contributed by atoms with E-state index in [2.05, 4.69) is 10.0 Å². The van der Waals surface area contributed by atoms with Crippen LogP contribution in [0.5, 0.6) is 0 Å². The lowest BCUT2D eigenvalue weighted by atomic mass is 10.2. The molecule has 0 saturated carbocycles. The third-order valence-electron chi connectivity index (χ3n) is 3.43. The van der Waals surface area contributed by atoms with Crippen molar-refractivity contribution in [3.8, 4) is 0 Å². The SMILES string of the molecule is CC(C)NC(=O)c1ccc(Cl)c(S(=O)(=O)NCC2CCCO2)c1. The zero-order valence-corrected chi connectivity index (χ0v) is 14.7. The summed E-state index contributed by atoms with van der Waals surface area (Å²) >= 11 is 6.00. The van der Waals surface area contributed by atoms with E-state index in [1.807, 2.05) is 13.8 Å². The summed E-state index contributed by atoms with van der Waals surface area (Å²) in [5.74, 6) is -0.341. The monoisotopic (exact) mass is 360 g/mol. The second-order valence-corrected chi connectivity index (χ2v) is 7.90. The van der Waals surface area contributed by atoms with Crippen molar-refractivity contribution in [2.45, 2.75) is 43.7 Å². The molecule has 1 fully saturated rings. The van der Waals surface area contributed by atoms with Gasteiger partial charge in [0, 0.05) is 24.8 Å². The Kier molecular flexibility index (Phi) is 6.02. The van der Waals surface area contributed by atoms with E-state index in [1.165, 1.54) is 18.2 Å². The maximum absolute atomic E-state index is 12.4. The highest BCUT2D eigenvalue weighted by Gasteiger charge is 2.23. The van der Waals surface area contributed by atoms with E-state index in [9.17, 15) is 13.2 Å². The lowest BCUT2D eigenvalue weighted by molar-refractivity contribution is 0.0943. The molecular weight excluding hydrogens is 340 g/mol. The summed E-state index contributed by atoms with van der Waals surface area (Å²) in [6.45, 7) is 4.50. The molecule has 23 heavy (non-hydrogen) atoms. The van der Waals surface area contributed by atoms with Gasteiger partial charge in [0.05, 0.1) is 11.1 Å². The fourth-order valence-electron chi connectivity index (χ4n) is 2.28. The van der Waals surface area contributed by atoms with Gasteiger partial charge in [0.25, 0.3) is 5.91 Å². The number of ether oxygens (including phenoxy) is 1. The highest BCUT2D eigenvalue weighted by atomic mass is 35.5. The van der Waals surface area contributed by atoms with Gasteiger partial charge in [-0.05, 0) is 44.9 Å². The molecule has 1 aromatic rings. The van der Waals surface area contributed by atoms with E-state index in [1.54, 1.807) is 0 Å². The molecule has 2 N–H and O–H groups in total. The van der Waals surface area contributed by atoms with Crippen LogP contribution >= 0.6 is 11.6 Å². The van der Waals surface area contributed by atoms with E-state index in [-0.39, 0.29) is 40.1 Å². The van der Waals surface area contributed by atoms with Crippen LogP contribution in [0, 0.1) is 0 Å². The summed E-state index contributed by atoms with van der Waals surface area (Å²) in [7, 11) is -3.80. The maximum atomic E-state index is 12.4. The normalized spacial score (nSPS) is 18.3. The van der Waals surface area contributed by atoms with Gasteiger partial charge in [-0.3, -0.25) is 4.79 Å². The van der Waals surface area contributed by atoms with Crippen molar-refractivity contribution in [2.75, 3.05) is 13.2 Å². The van der Waals surface area contributed by atoms with Gasteiger partial charge in [0.15, 0.2) is 0 Å². The van der Waals surface area contributed by atoms with Crippen LogP contribution in [0.4, 0.5) is 0 Å². The second kappa shape index (κ2) is 7.61. The summed E-state index contributed by atoms with van der Waals surface area (Å²) in [4.78, 5) is 11.9. The van der Waals surface area contributed by atoms with Crippen molar-refractivity contribution >= 4 is 27.5 Å². The zero-order chi connectivity index (χ0) is 17.0. The lowest BCUT2D eigenvalue weighted by Gasteiger charge is -2.14. The van der Waals surface area contributed by atoms with Crippen LogP contribution in [0.15, 0.2) is 23.1 Å². The molecule has 1 aliphatic heterocycles. The Morgan fingerprint density at radius 2 is 2.17 bits per heavy atom. The summed E-state index contributed by atoms with van der Waals surface area (Å²) in [5, 5.41) is 2.79. The first kappa shape index (κ1) is 18.2. The smallest absolute Gasteiger partial charge is 0.251 e. The number of hydrogen-bond acceptors (Lipinski definition) is 4. The number of amides is 1. The van der Waals surface area contributed by atoms with E-state index >= 15 is 0 Å². The van der Waals surface area contributed by atoms with Crippen molar-refractivity contribution in [3.05, 3.63) is 28.8 Å². The lowest BCUT2D eigenvalue weighted by Crippen LogP contribution is -2.33. The molecule has 0 radical (unpaired) electrons. The predicted octanol–water partition coefficient (Wildman–Crippen LogP) is 1.94. The molecule has 0 spiro atoms. The molecule has 8 heteroatoms. The van der Waals surface area contributed by atoms with Crippen LogP contribution in [0.3, 0.4) is 0 Å². The molecule has 1 aliphatic rings. The number of hydrogen-bond donors (Lipinski definition) is 2. The molecule has 128 valence electrons. The average Bonchev–Trinajstić information content (AvgIpc) is 2.98. The number of halogens is 1. The Hall–Kier alpha value is -1.15. The fourth-order valence-corrected chi connectivity index (χ4v) is 3.87. The molecule has 0 aliphatic carbocycles. The number of carbonyl (C=O) groups is 1. The van der Waals surface area contributed by atoms with Crippen molar-refractivity contribution in [1.82, 2.24) is 10.0 Å². The predicted molar refractivity (Wildman–Crippen MR) is 88.2 cm³/mol. The van der Waals surface area contributed by atoms with Gasteiger partial charge < -0.3 is 10.1 Å².